The summed E-state index contributed by atoms with van der Waals surface area (Å²) in [5.74, 6) is -0.357. The van der Waals surface area contributed by atoms with Gasteiger partial charge < -0.3 is 10.6 Å². The molecule has 98 valence electrons. The molecule has 0 amide bonds. The number of nitrogen functional groups attached to an aromatic ring is 1. The quantitative estimate of drug-likeness (QED) is 0.523. The second kappa shape index (κ2) is 4.93. The number of nitrogens with two attached hydrogens (primary N) is 1. The summed E-state index contributed by atoms with van der Waals surface area (Å²) in [5.41, 5.74) is 7.18. The molecule has 5 nitrogen and oxygen atoms in total. The first-order valence-electron chi connectivity index (χ1n) is 5.52. The Morgan fingerprint density at radius 3 is 2.58 bits per heavy atom. The van der Waals surface area contributed by atoms with Crippen molar-refractivity contribution in [1.29, 1.82) is 0 Å². The van der Waals surface area contributed by atoms with Gasteiger partial charge in [0.15, 0.2) is 0 Å². The molecule has 19 heavy (non-hydrogen) atoms. The minimum absolute atomic E-state index is 0.0751. The Labute approximate surface area is 109 Å². The van der Waals surface area contributed by atoms with E-state index < -0.39 is 4.92 Å². The van der Waals surface area contributed by atoms with Gasteiger partial charge in [0.25, 0.3) is 5.69 Å². The van der Waals surface area contributed by atoms with Crippen molar-refractivity contribution >= 4 is 22.7 Å². The maximum Gasteiger partial charge on any atom is 0.271 e. The summed E-state index contributed by atoms with van der Waals surface area (Å²) in [5, 5.41) is 10.6. The zero-order chi connectivity index (χ0) is 14.0. The molecule has 0 aliphatic carbocycles. The third kappa shape index (κ3) is 2.62. The summed E-state index contributed by atoms with van der Waals surface area (Å²) in [7, 11) is 1.71. The van der Waals surface area contributed by atoms with Crippen molar-refractivity contribution in [2.24, 2.45) is 0 Å². The van der Waals surface area contributed by atoms with Gasteiger partial charge in [-0.05, 0) is 24.3 Å². The van der Waals surface area contributed by atoms with Crippen LogP contribution in [0, 0.1) is 15.9 Å². The highest BCUT2D eigenvalue weighted by Gasteiger charge is 2.12. The van der Waals surface area contributed by atoms with Crippen molar-refractivity contribution in [3.8, 4) is 0 Å². The molecule has 0 atom stereocenters. The molecular weight excluding hydrogens is 249 g/mol. The van der Waals surface area contributed by atoms with Crippen molar-refractivity contribution in [1.82, 2.24) is 0 Å². The lowest BCUT2D eigenvalue weighted by atomic mass is 10.2. The van der Waals surface area contributed by atoms with Crippen LogP contribution in [0.25, 0.3) is 0 Å². The Morgan fingerprint density at radius 2 is 2.00 bits per heavy atom. The van der Waals surface area contributed by atoms with Gasteiger partial charge >= 0.3 is 0 Å². The molecule has 0 unspecified atom stereocenters. The molecule has 6 heteroatoms. The van der Waals surface area contributed by atoms with E-state index in [0.717, 1.165) is 0 Å². The van der Waals surface area contributed by atoms with E-state index in [1.807, 2.05) is 0 Å². The van der Waals surface area contributed by atoms with Crippen LogP contribution in [0.15, 0.2) is 42.5 Å². The molecule has 2 aromatic rings. The summed E-state index contributed by atoms with van der Waals surface area (Å²) in [4.78, 5) is 11.8. The largest absolute Gasteiger partial charge is 0.397 e. The van der Waals surface area contributed by atoms with Crippen LogP contribution < -0.4 is 10.6 Å². The third-order valence-electron chi connectivity index (χ3n) is 2.78. The maximum absolute atomic E-state index is 13.2. The highest BCUT2D eigenvalue weighted by Crippen LogP contribution is 2.31. The Hall–Kier alpha value is -2.63. The number of nitro groups is 1. The molecule has 2 rings (SSSR count). The minimum atomic E-state index is -0.512. The minimum Gasteiger partial charge on any atom is -0.397 e. The summed E-state index contributed by atoms with van der Waals surface area (Å²) in [6.45, 7) is 0. The summed E-state index contributed by atoms with van der Waals surface area (Å²) in [6.07, 6.45) is 0. The summed E-state index contributed by atoms with van der Waals surface area (Å²) >= 11 is 0. The van der Waals surface area contributed by atoms with Crippen LogP contribution in [0.2, 0.25) is 0 Å². The zero-order valence-electron chi connectivity index (χ0n) is 10.2. The number of rotatable bonds is 3. The highest BCUT2D eigenvalue weighted by atomic mass is 19.1. The van der Waals surface area contributed by atoms with E-state index in [4.69, 9.17) is 5.73 Å². The van der Waals surface area contributed by atoms with Crippen molar-refractivity contribution in [2.45, 2.75) is 0 Å². The van der Waals surface area contributed by atoms with Crippen LogP contribution in [-0.4, -0.2) is 12.0 Å². The topological polar surface area (TPSA) is 72.4 Å². The van der Waals surface area contributed by atoms with Crippen molar-refractivity contribution in [2.75, 3.05) is 17.7 Å². The Morgan fingerprint density at radius 1 is 1.26 bits per heavy atom. The van der Waals surface area contributed by atoms with E-state index in [2.05, 4.69) is 0 Å². The van der Waals surface area contributed by atoms with Gasteiger partial charge in [0.2, 0.25) is 0 Å². The first kappa shape index (κ1) is 12.8. The van der Waals surface area contributed by atoms with Gasteiger partial charge in [0.1, 0.15) is 5.82 Å². The standard InChI is InChI=1S/C13H12FN3O2/c1-16(10-4-2-3-9(14)7-10)13-6-5-11(17(18)19)8-12(13)15/h2-8H,15H2,1H3. The second-order valence-electron chi connectivity index (χ2n) is 4.04. The summed E-state index contributed by atoms with van der Waals surface area (Å²) < 4.78 is 13.2. The number of benzene rings is 2. The molecule has 2 aromatic carbocycles. The number of anilines is 3. The average molecular weight is 261 g/mol. The van der Waals surface area contributed by atoms with Gasteiger partial charge in [-0.15, -0.1) is 0 Å². The van der Waals surface area contributed by atoms with Gasteiger partial charge in [-0.3, -0.25) is 10.1 Å². The van der Waals surface area contributed by atoms with E-state index in [-0.39, 0.29) is 17.2 Å². The molecule has 0 saturated heterocycles. The third-order valence-corrected chi connectivity index (χ3v) is 2.78. The molecule has 0 saturated carbocycles. The second-order valence-corrected chi connectivity index (χ2v) is 4.04. The fourth-order valence-corrected chi connectivity index (χ4v) is 1.78. The number of nitrogens with zero attached hydrogens (tertiary/aromatic N) is 2. The molecule has 0 heterocycles. The smallest absolute Gasteiger partial charge is 0.271 e. The van der Waals surface area contributed by atoms with E-state index in [9.17, 15) is 14.5 Å². The first-order valence-corrected chi connectivity index (χ1v) is 5.52. The molecule has 0 aromatic heterocycles. The fourth-order valence-electron chi connectivity index (χ4n) is 1.78. The molecule has 0 aliphatic rings. The van der Waals surface area contributed by atoms with Gasteiger partial charge in [-0.1, -0.05) is 6.07 Å². The SMILES string of the molecule is CN(c1cccc(F)c1)c1ccc([N+](=O)[O-])cc1N. The molecule has 0 bridgehead atoms. The number of non-ortho nitro benzene ring substituents is 1. The fraction of sp³-hybridized carbons (Fsp3) is 0.0769. The van der Waals surface area contributed by atoms with Gasteiger partial charge in [-0.25, -0.2) is 4.39 Å². The van der Waals surface area contributed by atoms with Crippen molar-refractivity contribution in [3.05, 3.63) is 58.4 Å². The van der Waals surface area contributed by atoms with Crippen LogP contribution in [0.4, 0.5) is 27.1 Å². The number of halogens is 1. The van der Waals surface area contributed by atoms with Gasteiger partial charge in [0, 0.05) is 24.9 Å². The predicted molar refractivity (Wildman–Crippen MR) is 72.0 cm³/mol. The Kier molecular flexibility index (Phi) is 3.33. The number of hydrogen-bond donors (Lipinski definition) is 1. The van der Waals surface area contributed by atoms with Crippen LogP contribution in [0.3, 0.4) is 0 Å². The average Bonchev–Trinajstić information content (AvgIpc) is 2.37. The Bertz CT molecular complexity index is 631. The number of nitro benzene ring substituents is 1. The lowest BCUT2D eigenvalue weighted by Crippen LogP contribution is -2.11. The van der Waals surface area contributed by atoms with E-state index in [1.165, 1.54) is 24.3 Å². The predicted octanol–water partition coefficient (Wildman–Crippen LogP) is 3.08. The van der Waals surface area contributed by atoms with Crippen molar-refractivity contribution in [3.63, 3.8) is 0 Å². The molecule has 0 aliphatic heterocycles. The molecule has 0 fully saturated rings. The van der Waals surface area contributed by atoms with Gasteiger partial charge in [0.05, 0.1) is 16.3 Å². The lowest BCUT2D eigenvalue weighted by Gasteiger charge is -2.21. The van der Waals surface area contributed by atoms with E-state index >= 15 is 0 Å². The van der Waals surface area contributed by atoms with Crippen LogP contribution in [-0.2, 0) is 0 Å². The molecule has 0 spiro atoms. The van der Waals surface area contributed by atoms with Crippen molar-refractivity contribution < 1.29 is 9.31 Å². The molecule has 0 radical (unpaired) electrons. The highest BCUT2D eigenvalue weighted by molar-refractivity contribution is 5.76. The number of hydrogen-bond acceptors (Lipinski definition) is 4. The molecule has 2 N–H and O–H groups in total. The molecular formula is C13H12FN3O2. The van der Waals surface area contributed by atoms with E-state index in [1.54, 1.807) is 30.1 Å². The monoisotopic (exact) mass is 261 g/mol. The Balaban J connectivity index is 2.39. The van der Waals surface area contributed by atoms with Crippen LogP contribution in [0.5, 0.6) is 0 Å². The normalized spacial score (nSPS) is 10.2. The maximum atomic E-state index is 13.2. The first-order chi connectivity index (χ1) is 8.99. The van der Waals surface area contributed by atoms with E-state index in [0.29, 0.717) is 11.4 Å². The van der Waals surface area contributed by atoms with Crippen LogP contribution >= 0.6 is 0 Å². The zero-order valence-corrected chi connectivity index (χ0v) is 10.2. The summed E-state index contributed by atoms with van der Waals surface area (Å²) in [6, 6.07) is 10.2. The lowest BCUT2D eigenvalue weighted by molar-refractivity contribution is -0.384. The van der Waals surface area contributed by atoms with Gasteiger partial charge in [-0.2, -0.15) is 0 Å². The van der Waals surface area contributed by atoms with Crippen LogP contribution in [0.1, 0.15) is 0 Å².